The van der Waals surface area contributed by atoms with E-state index in [9.17, 15) is 4.79 Å². The molecule has 0 aliphatic heterocycles. The van der Waals surface area contributed by atoms with Crippen LogP contribution in [-0.4, -0.2) is 18.3 Å². The molecule has 1 heterocycles. The van der Waals surface area contributed by atoms with Crippen LogP contribution in [0.1, 0.15) is 12.0 Å². The Labute approximate surface area is 196 Å². The van der Waals surface area contributed by atoms with Crippen LogP contribution in [0.3, 0.4) is 0 Å². The summed E-state index contributed by atoms with van der Waals surface area (Å²) in [6.07, 6.45) is 0.454. The molecule has 170 valence electrons. The molecule has 0 fully saturated rings. The van der Waals surface area contributed by atoms with Crippen molar-refractivity contribution in [2.45, 2.75) is 13.0 Å². The summed E-state index contributed by atoms with van der Waals surface area (Å²) in [6.45, 7) is 0.631. The van der Waals surface area contributed by atoms with Gasteiger partial charge in [0.05, 0.1) is 6.61 Å². The molecule has 0 aliphatic carbocycles. The SMILES string of the molecule is O=c1cc(-c2ccccc2)oc2cc(OCc3cccc4ccccc34)cc(OCCCO)c12. The van der Waals surface area contributed by atoms with Crippen molar-refractivity contribution in [2.75, 3.05) is 13.2 Å². The van der Waals surface area contributed by atoms with Crippen molar-refractivity contribution in [1.29, 1.82) is 0 Å². The average molecular weight is 453 g/mol. The van der Waals surface area contributed by atoms with Gasteiger partial charge in [0, 0.05) is 36.8 Å². The largest absolute Gasteiger partial charge is 0.492 e. The van der Waals surface area contributed by atoms with E-state index in [4.69, 9.17) is 19.0 Å². The van der Waals surface area contributed by atoms with Crippen LogP contribution in [0, 0.1) is 0 Å². The van der Waals surface area contributed by atoms with Crippen LogP contribution in [0.25, 0.3) is 33.1 Å². The van der Waals surface area contributed by atoms with Gasteiger partial charge in [-0.1, -0.05) is 72.8 Å². The molecule has 5 rings (SSSR count). The molecule has 0 aliphatic rings. The Bertz CT molecular complexity index is 1480. The molecule has 0 unspecified atom stereocenters. The molecule has 0 bridgehead atoms. The highest BCUT2D eigenvalue weighted by molar-refractivity contribution is 5.87. The molecule has 0 amide bonds. The van der Waals surface area contributed by atoms with Crippen LogP contribution < -0.4 is 14.9 Å². The van der Waals surface area contributed by atoms with Crippen molar-refractivity contribution < 1.29 is 19.0 Å². The molecular weight excluding hydrogens is 428 g/mol. The van der Waals surface area contributed by atoms with Crippen LogP contribution in [0.2, 0.25) is 0 Å². The Morgan fingerprint density at radius 3 is 2.47 bits per heavy atom. The first-order chi connectivity index (χ1) is 16.7. The minimum Gasteiger partial charge on any atom is -0.492 e. The van der Waals surface area contributed by atoms with Gasteiger partial charge in [-0.15, -0.1) is 0 Å². The quantitative estimate of drug-likeness (QED) is 0.295. The van der Waals surface area contributed by atoms with Gasteiger partial charge in [0.2, 0.25) is 0 Å². The summed E-state index contributed by atoms with van der Waals surface area (Å²) in [7, 11) is 0. The zero-order valence-corrected chi connectivity index (χ0v) is 18.6. The topological polar surface area (TPSA) is 68.9 Å². The van der Waals surface area contributed by atoms with Gasteiger partial charge in [-0.25, -0.2) is 0 Å². The Hall–Kier alpha value is -4.09. The summed E-state index contributed by atoms with van der Waals surface area (Å²) in [5.41, 5.74) is 2.06. The summed E-state index contributed by atoms with van der Waals surface area (Å²) in [4.78, 5) is 13.0. The van der Waals surface area contributed by atoms with Crippen molar-refractivity contribution in [3.8, 4) is 22.8 Å². The summed E-state index contributed by atoms with van der Waals surface area (Å²) in [5, 5.41) is 11.8. The number of aliphatic hydroxyl groups is 1. The molecule has 5 nitrogen and oxygen atoms in total. The number of ether oxygens (including phenoxy) is 2. The maximum Gasteiger partial charge on any atom is 0.197 e. The molecule has 34 heavy (non-hydrogen) atoms. The van der Waals surface area contributed by atoms with Gasteiger partial charge < -0.3 is 19.0 Å². The van der Waals surface area contributed by atoms with Gasteiger partial charge in [0.25, 0.3) is 0 Å². The van der Waals surface area contributed by atoms with E-state index in [1.165, 1.54) is 6.07 Å². The monoisotopic (exact) mass is 452 g/mol. The first-order valence-corrected chi connectivity index (χ1v) is 11.2. The highest BCUT2D eigenvalue weighted by atomic mass is 16.5. The molecule has 0 saturated carbocycles. The molecule has 4 aromatic carbocycles. The smallest absolute Gasteiger partial charge is 0.197 e. The predicted molar refractivity (Wildman–Crippen MR) is 133 cm³/mol. The van der Waals surface area contributed by atoms with E-state index in [2.05, 4.69) is 18.2 Å². The van der Waals surface area contributed by atoms with Gasteiger partial charge in [-0.2, -0.15) is 0 Å². The van der Waals surface area contributed by atoms with Crippen LogP contribution in [0.4, 0.5) is 0 Å². The standard InChI is InChI=1S/C29H24O5/c30-14-7-15-32-27-16-23(33-19-22-12-6-11-20-8-4-5-13-24(20)22)17-28-29(27)25(31)18-26(34-28)21-9-2-1-3-10-21/h1-6,8-13,16-18,30H,7,14-15,19H2. The van der Waals surface area contributed by atoms with Gasteiger partial charge in [0.15, 0.2) is 5.43 Å². The second kappa shape index (κ2) is 9.81. The molecule has 1 N–H and O–H groups in total. The lowest BCUT2D eigenvalue weighted by Gasteiger charge is -2.13. The van der Waals surface area contributed by atoms with Gasteiger partial charge in [-0.05, 0) is 16.3 Å². The van der Waals surface area contributed by atoms with Crippen molar-refractivity contribution in [3.63, 3.8) is 0 Å². The van der Waals surface area contributed by atoms with Crippen molar-refractivity contribution in [3.05, 3.63) is 107 Å². The van der Waals surface area contributed by atoms with E-state index in [0.29, 0.717) is 41.3 Å². The fourth-order valence-electron chi connectivity index (χ4n) is 4.00. The predicted octanol–water partition coefficient (Wildman–Crippen LogP) is 5.95. The maximum absolute atomic E-state index is 13.0. The molecule has 0 radical (unpaired) electrons. The Morgan fingerprint density at radius 1 is 0.824 bits per heavy atom. The van der Waals surface area contributed by atoms with Crippen molar-refractivity contribution in [2.24, 2.45) is 0 Å². The Balaban J connectivity index is 1.54. The highest BCUT2D eigenvalue weighted by Crippen LogP contribution is 2.33. The first-order valence-electron chi connectivity index (χ1n) is 11.2. The number of fused-ring (bicyclic) bond motifs is 2. The lowest BCUT2D eigenvalue weighted by atomic mass is 10.1. The number of aliphatic hydroxyl groups excluding tert-OH is 1. The third-order valence-corrected chi connectivity index (χ3v) is 5.66. The summed E-state index contributed by atoms with van der Waals surface area (Å²) in [5.74, 6) is 1.39. The number of benzene rings is 4. The zero-order chi connectivity index (χ0) is 23.3. The second-order valence-corrected chi connectivity index (χ2v) is 7.99. The van der Waals surface area contributed by atoms with E-state index in [-0.39, 0.29) is 18.6 Å². The normalized spacial score (nSPS) is 11.1. The van der Waals surface area contributed by atoms with Gasteiger partial charge >= 0.3 is 0 Å². The Morgan fingerprint density at radius 2 is 1.62 bits per heavy atom. The molecule has 5 heteroatoms. The van der Waals surface area contributed by atoms with E-state index in [1.807, 2.05) is 54.6 Å². The lowest BCUT2D eigenvalue weighted by Crippen LogP contribution is -2.07. The molecular formula is C29H24O5. The minimum absolute atomic E-state index is 0.00195. The highest BCUT2D eigenvalue weighted by Gasteiger charge is 2.15. The van der Waals surface area contributed by atoms with Crippen molar-refractivity contribution in [1.82, 2.24) is 0 Å². The fourth-order valence-corrected chi connectivity index (χ4v) is 4.00. The number of rotatable bonds is 8. The van der Waals surface area contributed by atoms with Crippen molar-refractivity contribution >= 4 is 21.7 Å². The number of hydrogen-bond acceptors (Lipinski definition) is 5. The molecule has 1 aromatic heterocycles. The third-order valence-electron chi connectivity index (χ3n) is 5.66. The summed E-state index contributed by atoms with van der Waals surface area (Å²) >= 11 is 0. The summed E-state index contributed by atoms with van der Waals surface area (Å²) in [6, 6.07) is 28.7. The molecule has 0 atom stereocenters. The van der Waals surface area contributed by atoms with Crippen LogP contribution in [0.15, 0.2) is 100 Å². The number of hydrogen-bond donors (Lipinski definition) is 1. The molecule has 0 spiro atoms. The molecule has 5 aromatic rings. The van der Waals surface area contributed by atoms with E-state index >= 15 is 0 Å². The van der Waals surface area contributed by atoms with E-state index < -0.39 is 0 Å². The zero-order valence-electron chi connectivity index (χ0n) is 18.6. The van der Waals surface area contributed by atoms with Crippen LogP contribution >= 0.6 is 0 Å². The third kappa shape index (κ3) is 4.51. The van der Waals surface area contributed by atoms with E-state index in [0.717, 1.165) is 21.9 Å². The van der Waals surface area contributed by atoms with Crippen LogP contribution in [-0.2, 0) is 6.61 Å². The fraction of sp³-hybridized carbons (Fsp3) is 0.138. The van der Waals surface area contributed by atoms with Gasteiger partial charge in [0.1, 0.15) is 34.8 Å². The van der Waals surface area contributed by atoms with Crippen LogP contribution in [0.5, 0.6) is 11.5 Å². The van der Waals surface area contributed by atoms with Gasteiger partial charge in [-0.3, -0.25) is 4.79 Å². The lowest BCUT2D eigenvalue weighted by molar-refractivity contribution is 0.233. The second-order valence-electron chi connectivity index (χ2n) is 7.99. The first kappa shape index (κ1) is 21.7. The summed E-state index contributed by atoms with van der Waals surface area (Å²) < 4.78 is 18.1. The van der Waals surface area contributed by atoms with E-state index in [1.54, 1.807) is 12.1 Å². The minimum atomic E-state index is -0.195. The average Bonchev–Trinajstić information content (AvgIpc) is 2.87. The maximum atomic E-state index is 13.0. The molecule has 0 saturated heterocycles. The Kier molecular flexibility index (Phi) is 6.27.